The summed E-state index contributed by atoms with van der Waals surface area (Å²) in [6.45, 7) is 12.7. The molecule has 4 rings (SSSR count). The van der Waals surface area contributed by atoms with Crippen LogP contribution in [-0.4, -0.2) is 8.42 Å². The molecule has 0 radical (unpaired) electrons. The molecule has 0 heterocycles. The summed E-state index contributed by atoms with van der Waals surface area (Å²) in [5, 5.41) is 0. The van der Waals surface area contributed by atoms with Crippen molar-refractivity contribution in [2.24, 2.45) is 0 Å². The van der Waals surface area contributed by atoms with Crippen LogP contribution >= 0.6 is 10.3 Å². The molecule has 0 spiro atoms. The maximum Gasteiger partial charge on any atom is 0.307 e. The van der Waals surface area contributed by atoms with E-state index in [9.17, 15) is 8.42 Å². The minimum absolute atomic E-state index is 0.00838. The Morgan fingerprint density at radius 1 is 0.500 bits per heavy atom. The Morgan fingerprint density at radius 3 is 1.24 bits per heavy atom. The molecule has 200 valence electrons. The van der Waals surface area contributed by atoms with Gasteiger partial charge >= 0.3 is 10.1 Å². The number of hydrogen-bond donors (Lipinski definition) is 0. The maximum atomic E-state index is 14.5. The first kappa shape index (κ1) is 28.2. The molecule has 0 aromatic heterocycles. The van der Waals surface area contributed by atoms with Crippen molar-refractivity contribution >= 4 is 20.4 Å². The Morgan fingerprint density at radius 2 is 0.895 bits per heavy atom. The van der Waals surface area contributed by atoms with E-state index in [4.69, 9.17) is 3.63 Å². The Labute approximate surface area is 230 Å². The fraction of sp³-hybridized carbons (Fsp3) is 0.273. The van der Waals surface area contributed by atoms with Gasteiger partial charge in [0.1, 0.15) is 0 Å². The van der Waals surface area contributed by atoms with Crippen molar-refractivity contribution in [1.82, 2.24) is 0 Å². The molecular formula is C33H38O3S2. The fourth-order valence-corrected chi connectivity index (χ4v) is 10.7. The Hall–Kier alpha value is -2.86. The van der Waals surface area contributed by atoms with Gasteiger partial charge in [-0.2, -0.15) is 8.42 Å². The highest BCUT2D eigenvalue weighted by Gasteiger charge is 2.39. The largest absolute Gasteiger partial charge is 0.307 e. The van der Waals surface area contributed by atoms with Crippen molar-refractivity contribution in [3.8, 4) is 0 Å². The molecule has 0 saturated carbocycles. The Kier molecular flexibility index (Phi) is 8.51. The highest BCUT2D eigenvalue weighted by atomic mass is 32.3. The van der Waals surface area contributed by atoms with E-state index in [0.717, 1.165) is 25.8 Å². The lowest BCUT2D eigenvalue weighted by molar-refractivity contribution is 0.505. The normalized spacial score (nSPS) is 12.9. The first-order valence-corrected chi connectivity index (χ1v) is 16.2. The molecule has 0 bridgehead atoms. The maximum absolute atomic E-state index is 14.5. The third-order valence-corrected chi connectivity index (χ3v) is 12.0. The fourth-order valence-electron chi connectivity index (χ4n) is 5.13. The average Bonchev–Trinajstić information content (AvgIpc) is 2.92. The van der Waals surface area contributed by atoms with E-state index in [1.54, 1.807) is 6.07 Å². The molecule has 0 unspecified atom stereocenters. The minimum Gasteiger partial charge on any atom is -0.203 e. The van der Waals surface area contributed by atoms with E-state index in [1.807, 2.05) is 97.1 Å². The lowest BCUT2D eigenvalue weighted by Crippen LogP contribution is -2.18. The summed E-state index contributed by atoms with van der Waals surface area (Å²) >= 11 is 0. The molecule has 4 aromatic carbocycles. The highest BCUT2D eigenvalue weighted by Crippen LogP contribution is 2.70. The number of hydrogen-bond acceptors (Lipinski definition) is 3. The van der Waals surface area contributed by atoms with Gasteiger partial charge in [0.25, 0.3) is 0 Å². The van der Waals surface area contributed by atoms with Gasteiger partial charge in [0.05, 0.1) is 4.90 Å². The second-order valence-corrected chi connectivity index (χ2v) is 14.9. The second kappa shape index (κ2) is 11.5. The molecule has 0 amide bonds. The van der Waals surface area contributed by atoms with Crippen LogP contribution in [0.15, 0.2) is 123 Å². The third kappa shape index (κ3) is 5.33. The van der Waals surface area contributed by atoms with Gasteiger partial charge in [0, 0.05) is 14.7 Å². The summed E-state index contributed by atoms with van der Waals surface area (Å²) in [6.07, 6.45) is 0. The van der Waals surface area contributed by atoms with Gasteiger partial charge in [-0.25, -0.2) is 3.63 Å². The van der Waals surface area contributed by atoms with Gasteiger partial charge in [-0.15, -0.1) is 0 Å². The van der Waals surface area contributed by atoms with E-state index in [0.29, 0.717) is 0 Å². The van der Waals surface area contributed by atoms with Gasteiger partial charge in [0.2, 0.25) is 0 Å². The van der Waals surface area contributed by atoms with Crippen LogP contribution in [-0.2, 0) is 13.7 Å². The van der Waals surface area contributed by atoms with Crippen molar-refractivity contribution in [1.29, 1.82) is 0 Å². The monoisotopic (exact) mass is 546 g/mol. The quantitative estimate of drug-likeness (QED) is 0.210. The van der Waals surface area contributed by atoms with E-state index in [1.165, 1.54) is 5.56 Å². The standard InChI is InChI=1S/C33H38O3S2/c1-24(2)30-22-23-31(33(26(5)6)32(30)25(3)4)38(34,35)36-37(27-16-10-7-11-17-27,28-18-12-8-13-19-28)29-20-14-9-15-21-29/h7-26H,1-6H3. The molecule has 0 atom stereocenters. The van der Waals surface area contributed by atoms with E-state index >= 15 is 0 Å². The summed E-state index contributed by atoms with van der Waals surface area (Å²) < 4.78 is 35.7. The molecule has 0 N–H and O–H groups in total. The zero-order chi connectivity index (χ0) is 27.5. The van der Waals surface area contributed by atoms with Crippen molar-refractivity contribution in [2.75, 3.05) is 0 Å². The molecule has 0 aliphatic heterocycles. The summed E-state index contributed by atoms with van der Waals surface area (Å²) in [5.41, 5.74) is 3.16. The van der Waals surface area contributed by atoms with Crippen LogP contribution in [0.5, 0.6) is 0 Å². The summed E-state index contributed by atoms with van der Waals surface area (Å²) in [4.78, 5) is 2.75. The highest BCUT2D eigenvalue weighted by molar-refractivity contribution is 8.33. The molecule has 0 aliphatic rings. The summed E-state index contributed by atoms with van der Waals surface area (Å²) in [5.74, 6) is 0.466. The zero-order valence-corrected chi connectivity index (χ0v) is 24.7. The minimum atomic E-state index is -4.20. The van der Waals surface area contributed by atoms with Crippen LogP contribution in [0.3, 0.4) is 0 Å². The average molecular weight is 547 g/mol. The van der Waals surface area contributed by atoms with Crippen LogP contribution in [0.1, 0.15) is 76.0 Å². The molecule has 0 fully saturated rings. The predicted molar refractivity (Wildman–Crippen MR) is 159 cm³/mol. The van der Waals surface area contributed by atoms with Gasteiger partial charge in [-0.05, 0) is 87.2 Å². The smallest absolute Gasteiger partial charge is 0.203 e. The van der Waals surface area contributed by atoms with Crippen LogP contribution < -0.4 is 0 Å². The van der Waals surface area contributed by atoms with Crippen LogP contribution in [0.2, 0.25) is 0 Å². The van der Waals surface area contributed by atoms with Crippen LogP contribution in [0.25, 0.3) is 0 Å². The molecule has 3 nitrogen and oxygen atoms in total. The van der Waals surface area contributed by atoms with Crippen molar-refractivity contribution in [2.45, 2.75) is 78.9 Å². The lowest BCUT2D eigenvalue weighted by atomic mass is 9.83. The molecule has 0 saturated heterocycles. The zero-order valence-electron chi connectivity index (χ0n) is 23.1. The van der Waals surface area contributed by atoms with E-state index < -0.39 is 20.4 Å². The van der Waals surface area contributed by atoms with Gasteiger partial charge < -0.3 is 0 Å². The van der Waals surface area contributed by atoms with Crippen molar-refractivity contribution < 1.29 is 12.0 Å². The van der Waals surface area contributed by atoms with Crippen molar-refractivity contribution in [3.63, 3.8) is 0 Å². The third-order valence-electron chi connectivity index (χ3n) is 6.74. The summed E-state index contributed by atoms with van der Waals surface area (Å²) in [7, 11) is -6.83. The summed E-state index contributed by atoms with van der Waals surface area (Å²) in [6, 6.07) is 33.0. The molecule has 4 aromatic rings. The van der Waals surface area contributed by atoms with Gasteiger partial charge in [0.15, 0.2) is 0 Å². The predicted octanol–water partition coefficient (Wildman–Crippen LogP) is 9.66. The van der Waals surface area contributed by atoms with E-state index in [2.05, 4.69) is 41.5 Å². The lowest BCUT2D eigenvalue weighted by Gasteiger charge is -2.39. The first-order valence-electron chi connectivity index (χ1n) is 13.2. The van der Waals surface area contributed by atoms with Gasteiger partial charge in [-0.1, -0.05) is 102 Å². The molecular weight excluding hydrogens is 508 g/mol. The van der Waals surface area contributed by atoms with Crippen LogP contribution in [0, 0.1) is 0 Å². The Bertz CT molecular complexity index is 1360. The van der Waals surface area contributed by atoms with E-state index in [-0.39, 0.29) is 22.6 Å². The topological polar surface area (TPSA) is 43.4 Å². The van der Waals surface area contributed by atoms with Gasteiger partial charge in [-0.3, -0.25) is 0 Å². The van der Waals surface area contributed by atoms with Crippen LogP contribution in [0.4, 0.5) is 0 Å². The molecule has 0 aliphatic carbocycles. The van der Waals surface area contributed by atoms with Crippen molar-refractivity contribution in [3.05, 3.63) is 120 Å². The number of benzene rings is 4. The number of rotatable bonds is 9. The SMILES string of the molecule is CC(C)c1ccc(S(=O)(=O)OS(c2ccccc2)(c2ccccc2)c2ccccc2)c(C(C)C)c1C(C)C. The first-order chi connectivity index (χ1) is 18.1. The Balaban J connectivity index is 2.04. The molecule has 38 heavy (non-hydrogen) atoms. The molecule has 5 heteroatoms. The second-order valence-electron chi connectivity index (χ2n) is 10.5.